The van der Waals surface area contributed by atoms with Crippen molar-refractivity contribution < 1.29 is 4.79 Å². The van der Waals surface area contributed by atoms with Gasteiger partial charge in [0.05, 0.1) is 0 Å². The molecule has 4 heteroatoms. The van der Waals surface area contributed by atoms with Gasteiger partial charge < -0.3 is 5.73 Å². The number of rotatable bonds is 3. The van der Waals surface area contributed by atoms with Crippen molar-refractivity contribution in [3.8, 4) is 0 Å². The summed E-state index contributed by atoms with van der Waals surface area (Å²) in [6.45, 7) is 2.32. The molecule has 1 fully saturated rings. The van der Waals surface area contributed by atoms with E-state index >= 15 is 0 Å². The van der Waals surface area contributed by atoms with Crippen LogP contribution in [-0.4, -0.2) is 12.1 Å². The van der Waals surface area contributed by atoms with Gasteiger partial charge in [-0.25, -0.2) is 10.2 Å². The Hall–Kier alpha value is -1.55. The van der Waals surface area contributed by atoms with Crippen molar-refractivity contribution in [2.75, 3.05) is 0 Å². The Kier molecular flexibility index (Phi) is 3.87. The zero-order valence-corrected chi connectivity index (χ0v) is 10.8. The number of amides is 2. The smallest absolute Gasteiger partial charge is 0.326 e. The van der Waals surface area contributed by atoms with Crippen LogP contribution in [0, 0.1) is 0 Å². The standard InChI is InChI=1S/C14H21N3O/c1-14(11-5-3-2-4-6-11)9-7-12(8-10-14)16-17-13(15)18/h2-6,12,16H,7-10H2,1H3,(H3,15,17,18). The molecule has 0 saturated heterocycles. The third kappa shape index (κ3) is 3.01. The van der Waals surface area contributed by atoms with Crippen LogP contribution in [0.1, 0.15) is 38.2 Å². The van der Waals surface area contributed by atoms with Gasteiger partial charge in [0.15, 0.2) is 0 Å². The molecule has 1 aliphatic rings. The second-order valence-electron chi connectivity index (χ2n) is 5.33. The first-order valence-corrected chi connectivity index (χ1v) is 6.47. The first-order chi connectivity index (χ1) is 8.60. The highest BCUT2D eigenvalue weighted by molar-refractivity contribution is 5.70. The van der Waals surface area contributed by atoms with Gasteiger partial charge in [-0.15, -0.1) is 0 Å². The molecule has 0 radical (unpaired) electrons. The highest BCUT2D eigenvalue weighted by Gasteiger charge is 2.32. The highest BCUT2D eigenvalue weighted by atomic mass is 16.2. The molecule has 4 nitrogen and oxygen atoms in total. The number of hydrazine groups is 1. The molecule has 0 atom stereocenters. The number of carbonyl (C=O) groups excluding carboxylic acids is 1. The van der Waals surface area contributed by atoms with Crippen molar-refractivity contribution in [2.24, 2.45) is 5.73 Å². The van der Waals surface area contributed by atoms with Crippen molar-refractivity contribution >= 4 is 6.03 Å². The molecular weight excluding hydrogens is 226 g/mol. The van der Waals surface area contributed by atoms with Gasteiger partial charge in [-0.05, 0) is 36.7 Å². The van der Waals surface area contributed by atoms with Crippen LogP contribution in [0.3, 0.4) is 0 Å². The summed E-state index contributed by atoms with van der Waals surface area (Å²) in [5.41, 5.74) is 12.2. The number of urea groups is 1. The van der Waals surface area contributed by atoms with E-state index in [1.807, 2.05) is 0 Å². The largest absolute Gasteiger partial charge is 0.351 e. The minimum Gasteiger partial charge on any atom is -0.351 e. The Morgan fingerprint density at radius 1 is 1.28 bits per heavy atom. The molecule has 0 heterocycles. The lowest BCUT2D eigenvalue weighted by Gasteiger charge is -2.38. The Morgan fingerprint density at radius 3 is 2.44 bits per heavy atom. The van der Waals surface area contributed by atoms with Gasteiger partial charge in [0.2, 0.25) is 0 Å². The highest BCUT2D eigenvalue weighted by Crippen LogP contribution is 2.38. The lowest BCUT2D eigenvalue weighted by Crippen LogP contribution is -2.49. The number of primary amides is 1. The summed E-state index contributed by atoms with van der Waals surface area (Å²) in [7, 11) is 0. The van der Waals surface area contributed by atoms with Gasteiger partial charge in [0.1, 0.15) is 0 Å². The molecular formula is C14H21N3O. The molecule has 1 saturated carbocycles. The van der Waals surface area contributed by atoms with E-state index in [-0.39, 0.29) is 5.41 Å². The molecule has 0 aromatic heterocycles. The fraction of sp³-hybridized carbons (Fsp3) is 0.500. The van der Waals surface area contributed by atoms with Gasteiger partial charge in [-0.1, -0.05) is 37.3 Å². The first kappa shape index (κ1) is 12.9. The third-order valence-electron chi connectivity index (χ3n) is 3.96. The van der Waals surface area contributed by atoms with Crippen LogP contribution in [-0.2, 0) is 5.41 Å². The van der Waals surface area contributed by atoms with Crippen LogP contribution in [0.4, 0.5) is 4.79 Å². The average molecular weight is 247 g/mol. The number of nitrogens with two attached hydrogens (primary N) is 1. The maximum Gasteiger partial charge on any atom is 0.326 e. The van der Waals surface area contributed by atoms with Crippen LogP contribution in [0.5, 0.6) is 0 Å². The second kappa shape index (κ2) is 5.40. The van der Waals surface area contributed by atoms with Crippen molar-refractivity contribution in [1.82, 2.24) is 10.9 Å². The molecule has 0 unspecified atom stereocenters. The summed E-state index contributed by atoms with van der Waals surface area (Å²) in [5.74, 6) is 0. The van der Waals surface area contributed by atoms with E-state index in [1.165, 1.54) is 5.56 Å². The Morgan fingerprint density at radius 2 is 1.89 bits per heavy atom. The molecule has 1 aromatic carbocycles. The summed E-state index contributed by atoms with van der Waals surface area (Å²) in [6.07, 6.45) is 4.33. The van der Waals surface area contributed by atoms with E-state index in [0.29, 0.717) is 6.04 Å². The van der Waals surface area contributed by atoms with Crippen LogP contribution in [0.2, 0.25) is 0 Å². The van der Waals surface area contributed by atoms with Crippen molar-refractivity contribution in [3.63, 3.8) is 0 Å². The molecule has 2 rings (SSSR count). The molecule has 98 valence electrons. The maximum absolute atomic E-state index is 10.6. The lowest BCUT2D eigenvalue weighted by molar-refractivity contribution is 0.226. The molecule has 0 bridgehead atoms. The zero-order valence-electron chi connectivity index (χ0n) is 10.8. The Bertz CT molecular complexity index is 397. The summed E-state index contributed by atoms with van der Waals surface area (Å²) in [6, 6.07) is 10.5. The second-order valence-corrected chi connectivity index (χ2v) is 5.33. The van der Waals surface area contributed by atoms with Crippen LogP contribution >= 0.6 is 0 Å². The third-order valence-corrected chi connectivity index (χ3v) is 3.96. The summed E-state index contributed by atoms with van der Waals surface area (Å²) in [4.78, 5) is 10.6. The Labute approximate surface area is 108 Å². The molecule has 18 heavy (non-hydrogen) atoms. The molecule has 1 aromatic rings. The average Bonchev–Trinajstić information content (AvgIpc) is 2.39. The number of hydrogen-bond acceptors (Lipinski definition) is 2. The lowest BCUT2D eigenvalue weighted by atomic mass is 9.70. The van der Waals surface area contributed by atoms with Crippen LogP contribution in [0.25, 0.3) is 0 Å². The van der Waals surface area contributed by atoms with E-state index in [0.717, 1.165) is 25.7 Å². The number of carbonyl (C=O) groups is 1. The van der Waals surface area contributed by atoms with Gasteiger partial charge >= 0.3 is 6.03 Å². The molecule has 0 aliphatic heterocycles. The maximum atomic E-state index is 10.6. The minimum atomic E-state index is -0.522. The van der Waals surface area contributed by atoms with Crippen molar-refractivity contribution in [3.05, 3.63) is 35.9 Å². The van der Waals surface area contributed by atoms with Gasteiger partial charge in [-0.3, -0.25) is 5.43 Å². The van der Waals surface area contributed by atoms with E-state index in [4.69, 9.17) is 5.73 Å². The van der Waals surface area contributed by atoms with E-state index in [9.17, 15) is 4.79 Å². The normalized spacial score (nSPS) is 27.7. The molecule has 2 amide bonds. The number of nitrogens with one attached hydrogen (secondary N) is 2. The van der Waals surface area contributed by atoms with Crippen LogP contribution < -0.4 is 16.6 Å². The molecule has 1 aliphatic carbocycles. The van der Waals surface area contributed by atoms with Gasteiger partial charge in [-0.2, -0.15) is 0 Å². The monoisotopic (exact) mass is 247 g/mol. The summed E-state index contributed by atoms with van der Waals surface area (Å²) in [5, 5.41) is 0. The van der Waals surface area contributed by atoms with E-state index in [2.05, 4.69) is 48.1 Å². The van der Waals surface area contributed by atoms with Crippen LogP contribution in [0.15, 0.2) is 30.3 Å². The predicted molar refractivity (Wildman–Crippen MR) is 71.9 cm³/mol. The predicted octanol–water partition coefficient (Wildman–Crippen LogP) is 2.06. The quantitative estimate of drug-likeness (QED) is 0.716. The minimum absolute atomic E-state index is 0.256. The summed E-state index contributed by atoms with van der Waals surface area (Å²) < 4.78 is 0. The number of hydrogen-bond donors (Lipinski definition) is 3. The van der Waals surface area contributed by atoms with E-state index < -0.39 is 6.03 Å². The van der Waals surface area contributed by atoms with Crippen molar-refractivity contribution in [2.45, 2.75) is 44.1 Å². The summed E-state index contributed by atoms with van der Waals surface area (Å²) >= 11 is 0. The topological polar surface area (TPSA) is 67.2 Å². The van der Waals surface area contributed by atoms with Crippen molar-refractivity contribution in [1.29, 1.82) is 0 Å². The molecule has 4 N–H and O–H groups in total. The SMILES string of the molecule is CC1(c2ccccc2)CCC(NNC(N)=O)CC1. The van der Waals surface area contributed by atoms with Gasteiger partial charge in [0, 0.05) is 6.04 Å². The van der Waals surface area contributed by atoms with E-state index in [1.54, 1.807) is 0 Å². The van der Waals surface area contributed by atoms with Gasteiger partial charge in [0.25, 0.3) is 0 Å². The fourth-order valence-corrected chi connectivity index (χ4v) is 2.70. The number of benzene rings is 1. The zero-order chi connectivity index (χ0) is 13.0. The fourth-order valence-electron chi connectivity index (χ4n) is 2.70. The molecule has 0 spiro atoms. The first-order valence-electron chi connectivity index (χ1n) is 6.47. The Balaban J connectivity index is 1.91.